The second-order valence-corrected chi connectivity index (χ2v) is 5.97. The standard InChI is InChI=1S/C14H25N3/c1-9(2)8-11(4)12-13(15)17-7-5-6-10(3)14(17)16-12/h9-11H,5-8,15H2,1-4H3. The summed E-state index contributed by atoms with van der Waals surface area (Å²) in [6, 6.07) is 0. The zero-order chi connectivity index (χ0) is 12.6. The van der Waals surface area contributed by atoms with Crippen LogP contribution < -0.4 is 5.73 Å². The van der Waals surface area contributed by atoms with Crippen LogP contribution >= 0.6 is 0 Å². The van der Waals surface area contributed by atoms with Crippen molar-refractivity contribution >= 4 is 5.82 Å². The van der Waals surface area contributed by atoms with Gasteiger partial charge in [0.1, 0.15) is 11.6 Å². The number of fused-ring (bicyclic) bond motifs is 1. The van der Waals surface area contributed by atoms with E-state index in [2.05, 4.69) is 32.3 Å². The third kappa shape index (κ3) is 2.33. The molecule has 0 bridgehead atoms. The Morgan fingerprint density at radius 2 is 2.12 bits per heavy atom. The molecule has 0 spiro atoms. The van der Waals surface area contributed by atoms with Crippen LogP contribution in [0.4, 0.5) is 5.82 Å². The van der Waals surface area contributed by atoms with Crippen LogP contribution in [0, 0.1) is 5.92 Å². The Labute approximate surface area is 104 Å². The minimum Gasteiger partial charge on any atom is -0.384 e. The molecule has 2 unspecified atom stereocenters. The fraction of sp³-hybridized carbons (Fsp3) is 0.786. The highest BCUT2D eigenvalue weighted by molar-refractivity contribution is 5.41. The summed E-state index contributed by atoms with van der Waals surface area (Å²) in [5.74, 6) is 3.85. The monoisotopic (exact) mass is 235 g/mol. The summed E-state index contributed by atoms with van der Waals surface area (Å²) in [6.45, 7) is 10.1. The van der Waals surface area contributed by atoms with Crippen molar-refractivity contribution in [2.45, 2.75) is 65.3 Å². The number of imidazole rings is 1. The fourth-order valence-corrected chi connectivity index (χ4v) is 2.98. The Kier molecular flexibility index (Phi) is 3.45. The lowest BCUT2D eigenvalue weighted by Gasteiger charge is -2.20. The van der Waals surface area contributed by atoms with Crippen molar-refractivity contribution in [3.05, 3.63) is 11.5 Å². The van der Waals surface area contributed by atoms with E-state index >= 15 is 0 Å². The largest absolute Gasteiger partial charge is 0.384 e. The van der Waals surface area contributed by atoms with E-state index in [0.29, 0.717) is 17.8 Å². The van der Waals surface area contributed by atoms with Gasteiger partial charge in [-0.25, -0.2) is 4.98 Å². The molecular formula is C14H25N3. The Hall–Kier alpha value is -0.990. The van der Waals surface area contributed by atoms with Crippen LogP contribution in [0.1, 0.15) is 70.3 Å². The van der Waals surface area contributed by atoms with Crippen molar-refractivity contribution in [2.24, 2.45) is 5.92 Å². The molecule has 17 heavy (non-hydrogen) atoms. The summed E-state index contributed by atoms with van der Waals surface area (Å²) in [5, 5.41) is 0. The number of nitrogen functional groups attached to an aromatic ring is 1. The highest BCUT2D eigenvalue weighted by atomic mass is 15.2. The molecule has 2 rings (SSSR count). The van der Waals surface area contributed by atoms with E-state index in [9.17, 15) is 0 Å². The molecule has 1 aliphatic rings. The number of hydrogen-bond acceptors (Lipinski definition) is 2. The molecule has 3 nitrogen and oxygen atoms in total. The van der Waals surface area contributed by atoms with Gasteiger partial charge in [-0.05, 0) is 25.2 Å². The maximum Gasteiger partial charge on any atom is 0.127 e. The Balaban J connectivity index is 2.30. The van der Waals surface area contributed by atoms with Gasteiger partial charge in [0.15, 0.2) is 0 Å². The summed E-state index contributed by atoms with van der Waals surface area (Å²) < 4.78 is 2.24. The van der Waals surface area contributed by atoms with Crippen LogP contribution in [0.5, 0.6) is 0 Å². The first-order valence-corrected chi connectivity index (χ1v) is 6.86. The Morgan fingerprint density at radius 3 is 2.71 bits per heavy atom. The highest BCUT2D eigenvalue weighted by Gasteiger charge is 2.25. The lowest BCUT2D eigenvalue weighted by Crippen LogP contribution is -2.15. The van der Waals surface area contributed by atoms with Crippen molar-refractivity contribution in [1.82, 2.24) is 9.55 Å². The van der Waals surface area contributed by atoms with E-state index in [0.717, 1.165) is 24.5 Å². The molecule has 2 heterocycles. The number of anilines is 1. The normalized spacial score (nSPS) is 21.6. The zero-order valence-corrected chi connectivity index (χ0v) is 11.5. The number of hydrogen-bond donors (Lipinski definition) is 1. The van der Waals surface area contributed by atoms with Crippen molar-refractivity contribution in [3.8, 4) is 0 Å². The van der Waals surface area contributed by atoms with E-state index < -0.39 is 0 Å². The van der Waals surface area contributed by atoms with Crippen LogP contribution in [0.15, 0.2) is 0 Å². The maximum atomic E-state index is 6.26. The van der Waals surface area contributed by atoms with Gasteiger partial charge in [0.2, 0.25) is 0 Å². The smallest absolute Gasteiger partial charge is 0.127 e. The molecule has 1 aliphatic heterocycles. The van der Waals surface area contributed by atoms with Crippen molar-refractivity contribution in [1.29, 1.82) is 0 Å². The first-order valence-electron chi connectivity index (χ1n) is 6.86. The van der Waals surface area contributed by atoms with Gasteiger partial charge in [-0.3, -0.25) is 0 Å². The lowest BCUT2D eigenvalue weighted by molar-refractivity contribution is 0.467. The second kappa shape index (κ2) is 4.71. The molecule has 1 aromatic rings. The topological polar surface area (TPSA) is 43.8 Å². The molecule has 2 atom stereocenters. The van der Waals surface area contributed by atoms with Gasteiger partial charge in [-0.2, -0.15) is 0 Å². The molecule has 96 valence electrons. The van der Waals surface area contributed by atoms with E-state index in [1.807, 2.05) is 0 Å². The molecule has 1 aromatic heterocycles. The van der Waals surface area contributed by atoms with Gasteiger partial charge in [-0.1, -0.05) is 27.7 Å². The van der Waals surface area contributed by atoms with Gasteiger partial charge >= 0.3 is 0 Å². The van der Waals surface area contributed by atoms with Gasteiger partial charge < -0.3 is 10.3 Å². The molecule has 0 saturated heterocycles. The average Bonchev–Trinajstić information content (AvgIpc) is 2.57. The summed E-state index contributed by atoms with van der Waals surface area (Å²) in [7, 11) is 0. The molecule has 3 heteroatoms. The van der Waals surface area contributed by atoms with Crippen LogP contribution in [0.3, 0.4) is 0 Å². The third-order valence-corrected chi connectivity index (χ3v) is 3.82. The molecular weight excluding hydrogens is 210 g/mol. The number of aromatic nitrogens is 2. The molecule has 0 fully saturated rings. The highest BCUT2D eigenvalue weighted by Crippen LogP contribution is 2.34. The van der Waals surface area contributed by atoms with E-state index in [4.69, 9.17) is 10.7 Å². The Morgan fingerprint density at radius 1 is 1.41 bits per heavy atom. The number of nitrogens with zero attached hydrogens (tertiary/aromatic N) is 2. The predicted molar refractivity (Wildman–Crippen MR) is 72.2 cm³/mol. The van der Waals surface area contributed by atoms with Gasteiger partial charge in [0.25, 0.3) is 0 Å². The van der Waals surface area contributed by atoms with Gasteiger partial charge in [0, 0.05) is 18.4 Å². The van der Waals surface area contributed by atoms with Gasteiger partial charge in [-0.15, -0.1) is 0 Å². The molecule has 0 saturated carbocycles. The summed E-state index contributed by atoms with van der Waals surface area (Å²) >= 11 is 0. The van der Waals surface area contributed by atoms with Crippen molar-refractivity contribution in [3.63, 3.8) is 0 Å². The maximum absolute atomic E-state index is 6.26. The van der Waals surface area contributed by atoms with Crippen LogP contribution in [0.2, 0.25) is 0 Å². The van der Waals surface area contributed by atoms with Crippen LogP contribution in [-0.2, 0) is 6.54 Å². The first-order chi connectivity index (χ1) is 8.00. The summed E-state index contributed by atoms with van der Waals surface area (Å²) in [5.41, 5.74) is 7.39. The number of rotatable bonds is 3. The van der Waals surface area contributed by atoms with Crippen molar-refractivity contribution < 1.29 is 0 Å². The van der Waals surface area contributed by atoms with Crippen LogP contribution in [0.25, 0.3) is 0 Å². The second-order valence-electron chi connectivity index (χ2n) is 5.97. The van der Waals surface area contributed by atoms with E-state index in [-0.39, 0.29) is 0 Å². The SMILES string of the molecule is CC(C)CC(C)c1nc2n(c1N)CCCC2C. The average molecular weight is 235 g/mol. The van der Waals surface area contributed by atoms with Gasteiger partial charge in [0.05, 0.1) is 5.69 Å². The summed E-state index contributed by atoms with van der Waals surface area (Å²) in [6.07, 6.45) is 3.64. The molecule has 0 radical (unpaired) electrons. The summed E-state index contributed by atoms with van der Waals surface area (Å²) in [4.78, 5) is 4.82. The van der Waals surface area contributed by atoms with Crippen LogP contribution in [-0.4, -0.2) is 9.55 Å². The minimum absolute atomic E-state index is 0.472. The third-order valence-electron chi connectivity index (χ3n) is 3.82. The molecule has 0 amide bonds. The fourth-order valence-electron chi connectivity index (χ4n) is 2.98. The molecule has 2 N–H and O–H groups in total. The zero-order valence-electron chi connectivity index (χ0n) is 11.5. The van der Waals surface area contributed by atoms with E-state index in [1.54, 1.807) is 0 Å². The van der Waals surface area contributed by atoms with E-state index in [1.165, 1.54) is 18.7 Å². The first kappa shape index (κ1) is 12.5. The number of nitrogens with two attached hydrogens (primary N) is 1. The quantitative estimate of drug-likeness (QED) is 0.871. The van der Waals surface area contributed by atoms with Crippen molar-refractivity contribution in [2.75, 3.05) is 5.73 Å². The lowest BCUT2D eigenvalue weighted by atomic mass is 9.96. The predicted octanol–water partition coefficient (Wildman–Crippen LogP) is 3.51. The minimum atomic E-state index is 0.472. The molecule has 0 aliphatic carbocycles. The molecule has 0 aromatic carbocycles. The Bertz CT molecular complexity index is 392.